The number of nitrogens with zero attached hydrogens (tertiary/aromatic N) is 2. The van der Waals surface area contributed by atoms with Gasteiger partial charge in [-0.3, -0.25) is 0 Å². The van der Waals surface area contributed by atoms with Crippen molar-refractivity contribution in [3.63, 3.8) is 0 Å². The van der Waals surface area contributed by atoms with E-state index in [9.17, 15) is 5.11 Å². The number of nitrogen functional groups attached to an aromatic ring is 1. The zero-order valence-electron chi connectivity index (χ0n) is 8.52. The normalized spacial score (nSPS) is 39.5. The number of fused-ring (bicyclic) bond motifs is 3. The van der Waals surface area contributed by atoms with Crippen molar-refractivity contribution in [1.29, 1.82) is 0 Å². The third-order valence-corrected chi connectivity index (χ3v) is 4.67. The van der Waals surface area contributed by atoms with E-state index < -0.39 is 5.60 Å². The summed E-state index contributed by atoms with van der Waals surface area (Å²) in [6.07, 6.45) is 3.92. The average Bonchev–Trinajstić information content (AvgIpc) is 2.67. The smallest absolute Gasteiger partial charge is 0.180 e. The van der Waals surface area contributed by atoms with E-state index >= 15 is 0 Å². The molecular formula is C10H15N3OS. The van der Waals surface area contributed by atoms with Gasteiger partial charge in [-0.25, -0.2) is 4.98 Å². The molecule has 2 bridgehead atoms. The molecule has 5 heteroatoms. The van der Waals surface area contributed by atoms with Gasteiger partial charge in [-0.2, -0.15) is 0 Å². The van der Waals surface area contributed by atoms with E-state index in [1.165, 1.54) is 11.3 Å². The number of nitrogens with two attached hydrogens (primary N) is 1. The molecule has 1 atom stereocenters. The minimum atomic E-state index is -0.689. The van der Waals surface area contributed by atoms with Gasteiger partial charge in [0.1, 0.15) is 5.60 Å². The fourth-order valence-electron chi connectivity index (χ4n) is 2.81. The Bertz CT molecular complexity index is 372. The highest BCUT2D eigenvalue weighted by molar-refractivity contribution is 7.15. The van der Waals surface area contributed by atoms with E-state index in [2.05, 4.69) is 9.88 Å². The first-order chi connectivity index (χ1) is 7.18. The number of anilines is 1. The fourth-order valence-corrected chi connectivity index (χ4v) is 3.65. The minimum absolute atomic E-state index is 0.391. The lowest BCUT2D eigenvalue weighted by Crippen LogP contribution is -2.56. The van der Waals surface area contributed by atoms with Crippen LogP contribution in [0.3, 0.4) is 0 Å². The summed E-state index contributed by atoms with van der Waals surface area (Å²) in [5.41, 5.74) is 4.94. The van der Waals surface area contributed by atoms with E-state index in [1.54, 1.807) is 6.20 Å². The Labute approximate surface area is 92.7 Å². The van der Waals surface area contributed by atoms with Gasteiger partial charge in [0.2, 0.25) is 0 Å². The number of hydrogen-bond donors (Lipinski definition) is 2. The molecule has 3 aliphatic rings. The van der Waals surface area contributed by atoms with Crippen LogP contribution in [0.2, 0.25) is 0 Å². The highest BCUT2D eigenvalue weighted by Gasteiger charge is 2.47. The first-order valence-corrected chi connectivity index (χ1v) is 6.16. The molecule has 4 rings (SSSR count). The lowest BCUT2D eigenvalue weighted by Gasteiger charge is -2.49. The second-order valence-electron chi connectivity index (χ2n) is 4.54. The maximum atomic E-state index is 10.7. The van der Waals surface area contributed by atoms with Crippen molar-refractivity contribution in [2.75, 3.05) is 25.4 Å². The predicted molar refractivity (Wildman–Crippen MR) is 59.6 cm³/mol. The second-order valence-corrected chi connectivity index (χ2v) is 5.60. The molecule has 0 saturated carbocycles. The topological polar surface area (TPSA) is 62.4 Å². The Balaban J connectivity index is 1.96. The summed E-state index contributed by atoms with van der Waals surface area (Å²) in [6.45, 7) is 3.00. The number of hydrogen-bond acceptors (Lipinski definition) is 5. The van der Waals surface area contributed by atoms with Gasteiger partial charge in [-0.1, -0.05) is 11.3 Å². The van der Waals surface area contributed by atoms with Crippen molar-refractivity contribution in [3.05, 3.63) is 11.1 Å². The van der Waals surface area contributed by atoms with Crippen molar-refractivity contribution in [1.82, 2.24) is 9.88 Å². The highest BCUT2D eigenvalue weighted by Crippen LogP contribution is 2.44. The predicted octanol–water partition coefficient (Wildman–Crippen LogP) is 0.638. The maximum Gasteiger partial charge on any atom is 0.180 e. The molecule has 4 heterocycles. The summed E-state index contributed by atoms with van der Waals surface area (Å²) in [6, 6.07) is 0. The molecule has 1 aromatic rings. The molecule has 1 aromatic heterocycles. The van der Waals surface area contributed by atoms with Crippen LogP contribution >= 0.6 is 11.3 Å². The molecule has 3 aliphatic heterocycles. The molecule has 0 amide bonds. The zero-order chi connectivity index (χ0) is 10.5. The monoisotopic (exact) mass is 225 g/mol. The van der Waals surface area contributed by atoms with Crippen molar-refractivity contribution in [3.8, 4) is 0 Å². The van der Waals surface area contributed by atoms with Crippen molar-refractivity contribution in [2.24, 2.45) is 5.92 Å². The van der Waals surface area contributed by atoms with Crippen LogP contribution in [0.15, 0.2) is 6.20 Å². The first kappa shape index (κ1) is 9.57. The standard InChI is InChI=1S/C10H15N3OS/c11-9-12-5-8(15-9)10(14)6-13-3-1-7(10)2-4-13/h5,7,14H,1-4,6H2,(H2,11,12). The van der Waals surface area contributed by atoms with Gasteiger partial charge in [0.05, 0.1) is 4.88 Å². The van der Waals surface area contributed by atoms with E-state index in [-0.39, 0.29) is 0 Å². The molecule has 4 nitrogen and oxygen atoms in total. The van der Waals surface area contributed by atoms with Crippen LogP contribution < -0.4 is 5.73 Å². The van der Waals surface area contributed by atoms with Crippen LogP contribution in [0.1, 0.15) is 17.7 Å². The molecule has 0 radical (unpaired) electrons. The Hall–Kier alpha value is -0.650. The van der Waals surface area contributed by atoms with Gasteiger partial charge in [0.25, 0.3) is 0 Å². The number of thiazole rings is 1. The SMILES string of the molecule is Nc1ncc(C2(O)CN3CCC2CC3)s1. The lowest BCUT2D eigenvalue weighted by atomic mass is 9.75. The Morgan fingerprint density at radius 1 is 1.53 bits per heavy atom. The summed E-state index contributed by atoms with van der Waals surface area (Å²) in [5.74, 6) is 0.391. The lowest BCUT2D eigenvalue weighted by molar-refractivity contribution is -0.115. The zero-order valence-corrected chi connectivity index (χ0v) is 9.33. The Morgan fingerprint density at radius 2 is 2.27 bits per heavy atom. The van der Waals surface area contributed by atoms with Crippen LogP contribution in [-0.4, -0.2) is 34.6 Å². The largest absolute Gasteiger partial charge is 0.383 e. The molecule has 82 valence electrons. The van der Waals surface area contributed by atoms with Crippen molar-refractivity contribution >= 4 is 16.5 Å². The molecule has 0 aliphatic carbocycles. The Morgan fingerprint density at radius 3 is 2.73 bits per heavy atom. The Kier molecular flexibility index (Phi) is 2.02. The first-order valence-electron chi connectivity index (χ1n) is 5.35. The molecule has 0 aromatic carbocycles. The summed E-state index contributed by atoms with van der Waals surface area (Å²) >= 11 is 1.42. The highest BCUT2D eigenvalue weighted by atomic mass is 32.1. The van der Waals surface area contributed by atoms with E-state index in [0.717, 1.165) is 37.4 Å². The molecule has 3 N–H and O–H groups in total. The quantitative estimate of drug-likeness (QED) is 0.736. The molecule has 15 heavy (non-hydrogen) atoms. The molecular weight excluding hydrogens is 210 g/mol. The fraction of sp³-hybridized carbons (Fsp3) is 0.700. The van der Waals surface area contributed by atoms with Crippen LogP contribution in [0.4, 0.5) is 5.13 Å². The average molecular weight is 225 g/mol. The number of aromatic nitrogens is 1. The van der Waals surface area contributed by atoms with Crippen LogP contribution in [-0.2, 0) is 5.60 Å². The van der Waals surface area contributed by atoms with Crippen LogP contribution in [0, 0.1) is 5.92 Å². The summed E-state index contributed by atoms with van der Waals surface area (Å²) in [4.78, 5) is 7.31. The molecule has 1 unspecified atom stereocenters. The molecule has 3 saturated heterocycles. The summed E-state index contributed by atoms with van der Waals surface area (Å²) in [5, 5.41) is 11.3. The number of aliphatic hydroxyl groups is 1. The van der Waals surface area contributed by atoms with Crippen molar-refractivity contribution in [2.45, 2.75) is 18.4 Å². The van der Waals surface area contributed by atoms with Gasteiger partial charge in [-0.05, 0) is 31.8 Å². The van der Waals surface area contributed by atoms with Crippen LogP contribution in [0.5, 0.6) is 0 Å². The van der Waals surface area contributed by atoms with E-state index in [0.29, 0.717) is 11.0 Å². The van der Waals surface area contributed by atoms with Gasteiger partial charge in [0, 0.05) is 12.7 Å². The molecule has 3 fully saturated rings. The van der Waals surface area contributed by atoms with Gasteiger partial charge in [-0.15, -0.1) is 0 Å². The third kappa shape index (κ3) is 1.38. The second kappa shape index (κ2) is 3.17. The summed E-state index contributed by atoms with van der Waals surface area (Å²) in [7, 11) is 0. The van der Waals surface area contributed by atoms with Gasteiger partial charge in [0.15, 0.2) is 5.13 Å². The number of piperidine rings is 3. The van der Waals surface area contributed by atoms with Crippen LogP contribution in [0.25, 0.3) is 0 Å². The summed E-state index contributed by atoms with van der Waals surface area (Å²) < 4.78 is 0. The number of rotatable bonds is 1. The van der Waals surface area contributed by atoms with Crippen molar-refractivity contribution < 1.29 is 5.11 Å². The van der Waals surface area contributed by atoms with E-state index in [4.69, 9.17) is 5.73 Å². The van der Waals surface area contributed by atoms with Gasteiger partial charge >= 0.3 is 0 Å². The molecule has 0 spiro atoms. The minimum Gasteiger partial charge on any atom is -0.383 e. The third-order valence-electron chi connectivity index (χ3n) is 3.68. The maximum absolute atomic E-state index is 10.7. The van der Waals surface area contributed by atoms with Gasteiger partial charge < -0.3 is 15.7 Å². The van der Waals surface area contributed by atoms with E-state index in [1.807, 2.05) is 0 Å².